The van der Waals surface area contributed by atoms with Crippen molar-refractivity contribution in [3.8, 4) is 22.9 Å². The third kappa shape index (κ3) is 4.56. The van der Waals surface area contributed by atoms with Crippen LogP contribution in [-0.4, -0.2) is 29.8 Å². The van der Waals surface area contributed by atoms with Crippen LogP contribution in [0, 0.1) is 5.82 Å². The quantitative estimate of drug-likeness (QED) is 0.600. The lowest BCUT2D eigenvalue weighted by Gasteiger charge is -2.05. The molecule has 0 aliphatic heterocycles. The van der Waals surface area contributed by atoms with Gasteiger partial charge in [0.2, 0.25) is 5.82 Å². The highest BCUT2D eigenvalue weighted by Crippen LogP contribution is 2.21. The Labute approximate surface area is 148 Å². The van der Waals surface area contributed by atoms with E-state index >= 15 is 0 Å². The fraction of sp³-hybridized carbons (Fsp3) is 0.167. The maximum Gasteiger partial charge on any atom is 0.344 e. The molecule has 0 saturated heterocycles. The van der Waals surface area contributed by atoms with E-state index in [9.17, 15) is 9.18 Å². The van der Waals surface area contributed by atoms with Crippen LogP contribution < -0.4 is 9.47 Å². The first-order valence-electron chi connectivity index (χ1n) is 7.65. The van der Waals surface area contributed by atoms with Crippen molar-refractivity contribution < 1.29 is 27.9 Å². The molecule has 0 fully saturated rings. The molecule has 0 unspecified atom stereocenters. The molecule has 0 aliphatic carbocycles. The summed E-state index contributed by atoms with van der Waals surface area (Å²) in [6.45, 7) is -0.495. The van der Waals surface area contributed by atoms with Crippen molar-refractivity contribution >= 4 is 5.97 Å². The summed E-state index contributed by atoms with van der Waals surface area (Å²) in [5, 5.41) is 3.84. The van der Waals surface area contributed by atoms with Gasteiger partial charge in [-0.2, -0.15) is 4.98 Å². The molecule has 0 radical (unpaired) electrons. The summed E-state index contributed by atoms with van der Waals surface area (Å²) in [6.07, 6.45) is 0. The number of hydrogen-bond acceptors (Lipinski definition) is 7. The molecule has 0 atom stereocenters. The monoisotopic (exact) mass is 358 g/mol. The summed E-state index contributed by atoms with van der Waals surface area (Å²) >= 11 is 0. The van der Waals surface area contributed by atoms with Gasteiger partial charge in [-0.3, -0.25) is 0 Å². The van der Waals surface area contributed by atoms with Crippen LogP contribution >= 0.6 is 0 Å². The van der Waals surface area contributed by atoms with Crippen molar-refractivity contribution in [3.63, 3.8) is 0 Å². The van der Waals surface area contributed by atoms with Crippen molar-refractivity contribution in [1.29, 1.82) is 0 Å². The van der Waals surface area contributed by atoms with Gasteiger partial charge in [0.15, 0.2) is 13.2 Å². The zero-order valence-electron chi connectivity index (χ0n) is 13.8. The zero-order chi connectivity index (χ0) is 18.4. The van der Waals surface area contributed by atoms with Gasteiger partial charge < -0.3 is 18.7 Å². The van der Waals surface area contributed by atoms with Crippen LogP contribution in [0.15, 0.2) is 53.1 Å². The summed E-state index contributed by atoms with van der Waals surface area (Å²) in [4.78, 5) is 15.9. The van der Waals surface area contributed by atoms with Gasteiger partial charge in [0.25, 0.3) is 5.89 Å². The smallest absolute Gasteiger partial charge is 0.344 e. The van der Waals surface area contributed by atoms with E-state index in [2.05, 4.69) is 10.1 Å². The largest absolute Gasteiger partial charge is 0.497 e. The Hall–Kier alpha value is -3.42. The highest BCUT2D eigenvalue weighted by molar-refractivity contribution is 5.71. The Morgan fingerprint density at radius 3 is 2.73 bits per heavy atom. The second kappa shape index (κ2) is 8.11. The lowest BCUT2D eigenvalue weighted by atomic mass is 10.2. The van der Waals surface area contributed by atoms with E-state index in [1.54, 1.807) is 31.4 Å². The lowest BCUT2D eigenvalue weighted by Crippen LogP contribution is -2.14. The minimum Gasteiger partial charge on any atom is -0.497 e. The molecule has 0 bridgehead atoms. The lowest BCUT2D eigenvalue weighted by molar-refractivity contribution is -0.148. The summed E-state index contributed by atoms with van der Waals surface area (Å²) in [5.74, 6) is 0.536. The van der Waals surface area contributed by atoms with Crippen molar-refractivity contribution in [2.24, 2.45) is 0 Å². The topological polar surface area (TPSA) is 83.7 Å². The van der Waals surface area contributed by atoms with Crippen molar-refractivity contribution in [1.82, 2.24) is 10.1 Å². The average Bonchev–Trinajstić information content (AvgIpc) is 3.15. The van der Waals surface area contributed by atoms with Gasteiger partial charge >= 0.3 is 5.97 Å². The number of rotatable bonds is 7. The average molecular weight is 358 g/mol. The molecule has 134 valence electrons. The molecule has 1 heterocycles. The molecule has 1 aromatic heterocycles. The van der Waals surface area contributed by atoms with E-state index in [-0.39, 0.29) is 24.9 Å². The summed E-state index contributed by atoms with van der Waals surface area (Å²) in [6, 6.07) is 12.5. The molecular weight excluding hydrogens is 343 g/mol. The van der Waals surface area contributed by atoms with Crippen molar-refractivity contribution in [3.05, 3.63) is 60.2 Å². The first kappa shape index (κ1) is 17.4. The van der Waals surface area contributed by atoms with E-state index < -0.39 is 5.97 Å². The Morgan fingerprint density at radius 1 is 1.15 bits per heavy atom. The van der Waals surface area contributed by atoms with Crippen LogP contribution in [0.4, 0.5) is 4.39 Å². The Balaban J connectivity index is 1.51. The van der Waals surface area contributed by atoms with Gasteiger partial charge in [0, 0.05) is 5.56 Å². The molecule has 26 heavy (non-hydrogen) atoms. The summed E-state index contributed by atoms with van der Waals surface area (Å²) in [5.41, 5.74) is 0.713. The standard InChI is InChI=1S/C18H15FN2O5/c1-23-15-4-2-3-12(9-15)18-20-16(26-21-18)10-25-17(22)11-24-14-7-5-13(19)6-8-14/h2-9H,10-11H2,1H3. The second-order valence-electron chi connectivity index (χ2n) is 5.15. The van der Waals surface area contributed by atoms with Gasteiger partial charge in [0.05, 0.1) is 7.11 Å². The molecule has 0 amide bonds. The Kier molecular flexibility index (Phi) is 5.43. The summed E-state index contributed by atoms with van der Waals surface area (Å²) in [7, 11) is 1.56. The maximum atomic E-state index is 12.8. The molecule has 8 heteroatoms. The predicted octanol–water partition coefficient (Wildman–Crippen LogP) is 3.01. The van der Waals surface area contributed by atoms with Crippen molar-refractivity contribution in [2.45, 2.75) is 6.61 Å². The molecule has 3 rings (SSSR count). The normalized spacial score (nSPS) is 10.4. The first-order valence-corrected chi connectivity index (χ1v) is 7.65. The minimum absolute atomic E-state index is 0.151. The number of benzene rings is 2. The van der Waals surface area contributed by atoms with Crippen LogP contribution in [0.5, 0.6) is 11.5 Å². The van der Waals surface area contributed by atoms with Gasteiger partial charge in [-0.25, -0.2) is 9.18 Å². The fourth-order valence-corrected chi connectivity index (χ4v) is 2.05. The predicted molar refractivity (Wildman–Crippen MR) is 88.0 cm³/mol. The Bertz CT molecular complexity index is 879. The number of carbonyl (C=O) groups excluding carboxylic acids is 1. The van der Waals surface area contributed by atoms with E-state index in [0.717, 1.165) is 0 Å². The van der Waals surface area contributed by atoms with E-state index in [0.29, 0.717) is 22.9 Å². The molecule has 0 aliphatic rings. The van der Waals surface area contributed by atoms with Gasteiger partial charge in [-0.15, -0.1) is 0 Å². The van der Waals surface area contributed by atoms with Gasteiger partial charge in [-0.1, -0.05) is 17.3 Å². The molecule has 3 aromatic rings. The van der Waals surface area contributed by atoms with Gasteiger partial charge in [0.1, 0.15) is 17.3 Å². The van der Waals surface area contributed by atoms with Gasteiger partial charge in [-0.05, 0) is 36.4 Å². The third-order valence-electron chi connectivity index (χ3n) is 3.32. The number of carbonyl (C=O) groups is 1. The van der Waals surface area contributed by atoms with Crippen LogP contribution in [0.2, 0.25) is 0 Å². The van der Waals surface area contributed by atoms with Crippen LogP contribution in [0.3, 0.4) is 0 Å². The SMILES string of the molecule is COc1cccc(-c2noc(COC(=O)COc3ccc(F)cc3)n2)c1. The molecule has 2 aromatic carbocycles. The Morgan fingerprint density at radius 2 is 1.96 bits per heavy atom. The number of nitrogens with zero attached hydrogens (tertiary/aromatic N) is 2. The molecule has 0 N–H and O–H groups in total. The summed E-state index contributed by atoms with van der Waals surface area (Å²) < 4.78 is 33.2. The number of aromatic nitrogens is 2. The zero-order valence-corrected chi connectivity index (χ0v) is 13.8. The van der Waals surface area contributed by atoms with Crippen LogP contribution in [0.25, 0.3) is 11.4 Å². The third-order valence-corrected chi connectivity index (χ3v) is 3.32. The fourth-order valence-electron chi connectivity index (χ4n) is 2.05. The molecular formula is C18H15FN2O5. The number of methoxy groups -OCH3 is 1. The number of ether oxygens (including phenoxy) is 3. The van der Waals surface area contributed by atoms with E-state index in [4.69, 9.17) is 18.7 Å². The number of halogens is 1. The number of esters is 1. The molecule has 7 nitrogen and oxygen atoms in total. The van der Waals surface area contributed by atoms with Crippen LogP contribution in [-0.2, 0) is 16.1 Å². The minimum atomic E-state index is -0.615. The van der Waals surface area contributed by atoms with Crippen molar-refractivity contribution in [2.75, 3.05) is 13.7 Å². The highest BCUT2D eigenvalue weighted by atomic mass is 19.1. The highest BCUT2D eigenvalue weighted by Gasteiger charge is 2.12. The molecule has 0 saturated carbocycles. The number of hydrogen-bond donors (Lipinski definition) is 0. The van der Waals surface area contributed by atoms with E-state index in [1.165, 1.54) is 24.3 Å². The second-order valence-corrected chi connectivity index (χ2v) is 5.15. The maximum absolute atomic E-state index is 12.8. The van der Waals surface area contributed by atoms with Crippen LogP contribution in [0.1, 0.15) is 5.89 Å². The first-order chi connectivity index (χ1) is 12.6. The van der Waals surface area contributed by atoms with E-state index in [1.807, 2.05) is 0 Å². The molecule has 0 spiro atoms.